The molecule has 1 N–H and O–H groups in total. The molecule has 6 nitrogen and oxygen atoms in total. The summed E-state index contributed by atoms with van der Waals surface area (Å²) in [4.78, 5) is 8.11. The maximum Gasteiger partial charge on any atom is 0.226 e. The number of ether oxygens (including phenoxy) is 1. The molecule has 24 heavy (non-hydrogen) atoms. The van der Waals surface area contributed by atoms with Crippen molar-refractivity contribution in [3.8, 4) is 11.4 Å². The third kappa shape index (κ3) is 3.87. The number of rotatable bonds is 6. The van der Waals surface area contributed by atoms with Crippen molar-refractivity contribution in [3.05, 3.63) is 53.6 Å². The third-order valence-electron chi connectivity index (χ3n) is 3.26. The fourth-order valence-electron chi connectivity index (χ4n) is 2.06. The Morgan fingerprint density at radius 1 is 1.21 bits per heavy atom. The predicted octanol–water partition coefficient (Wildman–Crippen LogP) is 3.52. The molecule has 0 atom stereocenters. The molecule has 0 aliphatic rings. The average Bonchev–Trinajstić information content (AvgIpc) is 2.98. The number of anilines is 2. The van der Waals surface area contributed by atoms with Gasteiger partial charge in [-0.15, -0.1) is 5.10 Å². The number of benzene rings is 1. The van der Waals surface area contributed by atoms with Crippen LogP contribution in [0.3, 0.4) is 0 Å². The van der Waals surface area contributed by atoms with E-state index in [0.29, 0.717) is 35.5 Å². The fourth-order valence-corrected chi connectivity index (χ4v) is 2.19. The lowest BCUT2D eigenvalue weighted by molar-refractivity contribution is 0.184. The molecule has 0 aliphatic heterocycles. The van der Waals surface area contributed by atoms with Crippen LogP contribution in [0.15, 0.2) is 42.6 Å². The largest absolute Gasteiger partial charge is 0.383 e. The summed E-state index contributed by atoms with van der Waals surface area (Å²) in [6.45, 7) is 1.01. The van der Waals surface area contributed by atoms with Gasteiger partial charge in [-0.2, -0.15) is 9.37 Å². The molecular formula is C16H15ClFN5O. The van der Waals surface area contributed by atoms with E-state index in [1.807, 2.05) is 12.1 Å². The van der Waals surface area contributed by atoms with Crippen LogP contribution >= 0.6 is 11.6 Å². The number of methoxy groups -OCH3 is 1. The topological polar surface area (TPSA) is 64.9 Å². The number of hydrogen-bond acceptors (Lipinski definition) is 5. The van der Waals surface area contributed by atoms with E-state index in [4.69, 9.17) is 16.3 Å². The zero-order valence-corrected chi connectivity index (χ0v) is 13.7. The number of hydrogen-bond donors (Lipinski definition) is 1. The number of nitrogens with zero attached hydrogens (tertiary/aromatic N) is 4. The second-order valence-corrected chi connectivity index (χ2v) is 5.41. The summed E-state index contributed by atoms with van der Waals surface area (Å²) < 4.78 is 19.8. The molecule has 0 aliphatic carbocycles. The van der Waals surface area contributed by atoms with Gasteiger partial charge < -0.3 is 10.1 Å². The van der Waals surface area contributed by atoms with Crippen molar-refractivity contribution in [2.75, 3.05) is 19.0 Å². The molecule has 3 aromatic rings. The minimum Gasteiger partial charge on any atom is -0.383 e. The highest BCUT2D eigenvalue weighted by atomic mass is 35.5. The van der Waals surface area contributed by atoms with Gasteiger partial charge in [0.25, 0.3) is 0 Å². The van der Waals surface area contributed by atoms with Crippen LogP contribution in [0.25, 0.3) is 11.4 Å². The first kappa shape index (κ1) is 16.4. The van der Waals surface area contributed by atoms with Gasteiger partial charge in [0, 0.05) is 29.6 Å². The summed E-state index contributed by atoms with van der Waals surface area (Å²) in [6.07, 6.45) is 1.40. The van der Waals surface area contributed by atoms with Crippen molar-refractivity contribution < 1.29 is 9.13 Å². The van der Waals surface area contributed by atoms with Crippen LogP contribution in [-0.2, 0) is 11.3 Å². The van der Waals surface area contributed by atoms with Gasteiger partial charge in [0.2, 0.25) is 11.9 Å². The lowest BCUT2D eigenvalue weighted by atomic mass is 10.3. The normalized spacial score (nSPS) is 10.8. The second-order valence-electron chi connectivity index (χ2n) is 4.98. The first-order valence-electron chi connectivity index (χ1n) is 7.24. The van der Waals surface area contributed by atoms with Gasteiger partial charge in [0.05, 0.1) is 13.2 Å². The van der Waals surface area contributed by atoms with Gasteiger partial charge in [0.15, 0.2) is 5.82 Å². The van der Waals surface area contributed by atoms with Gasteiger partial charge >= 0.3 is 0 Å². The Kier molecular flexibility index (Phi) is 5.02. The summed E-state index contributed by atoms with van der Waals surface area (Å²) in [6, 6.07) is 10.1. The molecule has 1 aromatic carbocycles. The first-order chi connectivity index (χ1) is 11.7. The van der Waals surface area contributed by atoms with E-state index in [1.165, 1.54) is 12.3 Å². The maximum atomic E-state index is 13.0. The predicted molar refractivity (Wildman–Crippen MR) is 89.8 cm³/mol. The summed E-state index contributed by atoms with van der Waals surface area (Å²) in [5.41, 5.74) is 1.46. The van der Waals surface area contributed by atoms with Crippen molar-refractivity contribution in [1.82, 2.24) is 19.7 Å². The molecule has 2 aromatic heterocycles. The summed E-state index contributed by atoms with van der Waals surface area (Å²) in [5.74, 6) is 0.459. The summed E-state index contributed by atoms with van der Waals surface area (Å²) in [7, 11) is 1.62. The van der Waals surface area contributed by atoms with E-state index in [2.05, 4.69) is 20.4 Å². The second kappa shape index (κ2) is 7.37. The van der Waals surface area contributed by atoms with E-state index in [9.17, 15) is 4.39 Å². The highest BCUT2D eigenvalue weighted by molar-refractivity contribution is 6.30. The SMILES string of the molecule is COCCn1nc(-c2ccc(F)nc2)nc1Nc1ccc(Cl)cc1. The molecule has 8 heteroatoms. The number of pyridine rings is 1. The molecule has 3 rings (SSSR count). The lowest BCUT2D eigenvalue weighted by Crippen LogP contribution is -2.09. The average molecular weight is 348 g/mol. The minimum atomic E-state index is -0.544. The lowest BCUT2D eigenvalue weighted by Gasteiger charge is -2.07. The first-order valence-corrected chi connectivity index (χ1v) is 7.62. The smallest absolute Gasteiger partial charge is 0.226 e. The van der Waals surface area contributed by atoms with Crippen molar-refractivity contribution in [2.45, 2.75) is 6.54 Å². The fraction of sp³-hybridized carbons (Fsp3) is 0.188. The Balaban J connectivity index is 1.90. The van der Waals surface area contributed by atoms with E-state index in [-0.39, 0.29) is 0 Å². The van der Waals surface area contributed by atoms with Crippen LogP contribution in [0.5, 0.6) is 0 Å². The van der Waals surface area contributed by atoms with Gasteiger partial charge in [0.1, 0.15) is 0 Å². The zero-order chi connectivity index (χ0) is 16.9. The quantitative estimate of drug-likeness (QED) is 0.691. The molecule has 0 amide bonds. The Hall–Kier alpha value is -2.51. The number of halogens is 2. The molecule has 0 radical (unpaired) electrons. The van der Waals surface area contributed by atoms with E-state index < -0.39 is 5.95 Å². The summed E-state index contributed by atoms with van der Waals surface area (Å²) >= 11 is 5.90. The Labute approximate surface area is 143 Å². The van der Waals surface area contributed by atoms with Gasteiger partial charge in [-0.05, 0) is 36.4 Å². The van der Waals surface area contributed by atoms with Crippen molar-refractivity contribution >= 4 is 23.2 Å². The van der Waals surface area contributed by atoms with E-state index in [1.54, 1.807) is 30.0 Å². The van der Waals surface area contributed by atoms with E-state index in [0.717, 1.165) is 5.69 Å². The van der Waals surface area contributed by atoms with Crippen molar-refractivity contribution in [3.63, 3.8) is 0 Å². The van der Waals surface area contributed by atoms with Crippen LogP contribution in [0.2, 0.25) is 5.02 Å². The highest BCUT2D eigenvalue weighted by Gasteiger charge is 2.12. The minimum absolute atomic E-state index is 0.454. The van der Waals surface area contributed by atoms with Crippen LogP contribution in [0.4, 0.5) is 16.0 Å². The monoisotopic (exact) mass is 347 g/mol. The number of aromatic nitrogens is 4. The maximum absolute atomic E-state index is 13.0. The molecule has 0 saturated heterocycles. The molecule has 0 saturated carbocycles. The van der Waals surface area contributed by atoms with Crippen LogP contribution in [0, 0.1) is 5.95 Å². The van der Waals surface area contributed by atoms with Gasteiger partial charge in [-0.1, -0.05) is 11.6 Å². The Bertz CT molecular complexity index is 804. The van der Waals surface area contributed by atoms with Gasteiger partial charge in [-0.25, -0.2) is 9.67 Å². The molecule has 0 bridgehead atoms. The van der Waals surface area contributed by atoms with Crippen LogP contribution in [0.1, 0.15) is 0 Å². The van der Waals surface area contributed by atoms with Crippen molar-refractivity contribution in [2.24, 2.45) is 0 Å². The Morgan fingerprint density at radius 3 is 2.67 bits per heavy atom. The molecule has 124 valence electrons. The highest BCUT2D eigenvalue weighted by Crippen LogP contribution is 2.21. The summed E-state index contributed by atoms with van der Waals surface area (Å²) in [5, 5.41) is 8.28. The van der Waals surface area contributed by atoms with Gasteiger partial charge in [-0.3, -0.25) is 0 Å². The standard InChI is InChI=1S/C16H15ClFN5O/c1-24-9-8-23-16(20-13-5-3-12(17)4-6-13)21-15(22-23)11-2-7-14(18)19-10-11/h2-7,10H,8-9H2,1H3,(H,20,21,22). The molecular weight excluding hydrogens is 333 g/mol. The zero-order valence-electron chi connectivity index (χ0n) is 12.9. The molecule has 0 spiro atoms. The molecule has 0 fully saturated rings. The van der Waals surface area contributed by atoms with Crippen LogP contribution in [-0.4, -0.2) is 33.5 Å². The third-order valence-corrected chi connectivity index (χ3v) is 3.52. The van der Waals surface area contributed by atoms with Crippen molar-refractivity contribution in [1.29, 1.82) is 0 Å². The number of nitrogens with one attached hydrogen (secondary N) is 1. The molecule has 2 heterocycles. The molecule has 0 unspecified atom stereocenters. The van der Waals surface area contributed by atoms with Crippen LogP contribution < -0.4 is 5.32 Å². The Morgan fingerprint density at radius 2 is 2.00 bits per heavy atom. The van der Waals surface area contributed by atoms with E-state index >= 15 is 0 Å².